The van der Waals surface area contributed by atoms with Gasteiger partial charge in [0.15, 0.2) is 0 Å². The summed E-state index contributed by atoms with van der Waals surface area (Å²) < 4.78 is 11.5. The number of allylic oxidation sites excluding steroid dienone is 1. The van der Waals surface area contributed by atoms with Gasteiger partial charge in [-0.2, -0.15) is 4.99 Å². The van der Waals surface area contributed by atoms with Crippen LogP contribution in [0, 0.1) is 5.92 Å². The molecule has 1 aliphatic carbocycles. The number of rotatable bonds is 3. The standard InChI is InChI=1S/C21H35N7O2/c1-13(23-15-6-10-29-11-7-15)17-19(22)30-9-3-8-28-20-16(18(26-28)14-4-5-14)12-27(2)21(24-17)25-20/h14-15,18-19,23,26H,3-12,22H2,1-2H3,(H,24,25)/b17-13+. The second-order valence-electron chi connectivity index (χ2n) is 9.08. The molecule has 0 aromatic rings. The van der Waals surface area contributed by atoms with Gasteiger partial charge in [-0.25, -0.2) is 5.43 Å². The molecule has 0 amide bonds. The van der Waals surface area contributed by atoms with Crippen LogP contribution >= 0.6 is 0 Å². The normalized spacial score (nSPS) is 32.4. The van der Waals surface area contributed by atoms with E-state index in [1.165, 1.54) is 18.4 Å². The summed E-state index contributed by atoms with van der Waals surface area (Å²) in [5, 5.41) is 9.39. The highest BCUT2D eigenvalue weighted by molar-refractivity contribution is 5.84. The quantitative estimate of drug-likeness (QED) is 0.524. The van der Waals surface area contributed by atoms with Crippen molar-refractivity contribution >= 4 is 5.96 Å². The Balaban J connectivity index is 1.43. The number of aliphatic imine (C=N–C) groups is 1. The van der Waals surface area contributed by atoms with Gasteiger partial charge < -0.3 is 30.7 Å². The molecule has 5 aliphatic rings. The van der Waals surface area contributed by atoms with Crippen molar-refractivity contribution in [1.82, 2.24) is 26.0 Å². The Bertz CT molecular complexity index is 754. The van der Waals surface area contributed by atoms with Crippen molar-refractivity contribution in [3.8, 4) is 0 Å². The van der Waals surface area contributed by atoms with Gasteiger partial charge in [-0.05, 0) is 44.9 Å². The SMILES string of the molecule is C/C(NC1CCOCC1)=C1\NC2=NC3=C(CN2C)C(C2CC2)NN3CCCOC1N. The molecule has 4 aliphatic heterocycles. The van der Waals surface area contributed by atoms with Crippen molar-refractivity contribution < 1.29 is 9.47 Å². The molecular weight excluding hydrogens is 382 g/mol. The van der Waals surface area contributed by atoms with Crippen LogP contribution in [0.25, 0.3) is 0 Å². The number of nitrogens with one attached hydrogen (secondary N) is 3. The van der Waals surface area contributed by atoms with Crippen LogP contribution in [0.1, 0.15) is 39.0 Å². The Labute approximate surface area is 178 Å². The first-order valence-electron chi connectivity index (χ1n) is 11.4. The average molecular weight is 418 g/mol. The zero-order valence-corrected chi connectivity index (χ0v) is 18.1. The molecule has 5 rings (SSSR count). The summed E-state index contributed by atoms with van der Waals surface area (Å²) in [5.41, 5.74) is 13.5. The molecule has 30 heavy (non-hydrogen) atoms. The lowest BCUT2D eigenvalue weighted by molar-refractivity contribution is 0.0676. The van der Waals surface area contributed by atoms with E-state index in [4.69, 9.17) is 20.2 Å². The Kier molecular flexibility index (Phi) is 5.61. The molecule has 2 bridgehead atoms. The molecule has 2 fully saturated rings. The van der Waals surface area contributed by atoms with Crippen LogP contribution in [-0.2, 0) is 9.47 Å². The van der Waals surface area contributed by atoms with Crippen LogP contribution in [0.4, 0.5) is 0 Å². The van der Waals surface area contributed by atoms with Crippen molar-refractivity contribution in [2.45, 2.75) is 57.3 Å². The fourth-order valence-corrected chi connectivity index (χ4v) is 4.79. The zero-order chi connectivity index (χ0) is 20.7. The molecule has 1 saturated heterocycles. The van der Waals surface area contributed by atoms with Crippen LogP contribution in [0.2, 0.25) is 0 Å². The highest BCUT2D eigenvalue weighted by Crippen LogP contribution is 2.41. The summed E-state index contributed by atoms with van der Waals surface area (Å²) >= 11 is 0. The summed E-state index contributed by atoms with van der Waals surface area (Å²) in [7, 11) is 2.09. The monoisotopic (exact) mass is 417 g/mol. The minimum Gasteiger partial charge on any atom is -0.384 e. The number of hydrogen-bond acceptors (Lipinski definition) is 9. The van der Waals surface area contributed by atoms with Gasteiger partial charge in [-0.3, -0.25) is 5.01 Å². The highest BCUT2D eigenvalue weighted by atomic mass is 16.5. The van der Waals surface area contributed by atoms with Gasteiger partial charge in [-0.15, -0.1) is 0 Å². The van der Waals surface area contributed by atoms with Crippen LogP contribution in [0.15, 0.2) is 27.8 Å². The lowest BCUT2D eigenvalue weighted by Gasteiger charge is -2.31. The van der Waals surface area contributed by atoms with Crippen molar-refractivity contribution in [2.75, 3.05) is 40.0 Å². The van der Waals surface area contributed by atoms with Crippen LogP contribution in [0.5, 0.6) is 0 Å². The summed E-state index contributed by atoms with van der Waals surface area (Å²) in [6.45, 7) is 6.02. The number of ether oxygens (including phenoxy) is 2. The van der Waals surface area contributed by atoms with Gasteiger partial charge >= 0.3 is 0 Å². The van der Waals surface area contributed by atoms with Crippen LogP contribution in [0.3, 0.4) is 0 Å². The number of nitrogens with zero attached hydrogens (tertiary/aromatic N) is 3. The largest absolute Gasteiger partial charge is 0.384 e. The van der Waals surface area contributed by atoms with E-state index in [1.807, 2.05) is 0 Å². The van der Waals surface area contributed by atoms with E-state index in [-0.39, 0.29) is 0 Å². The van der Waals surface area contributed by atoms with Gasteiger partial charge in [0, 0.05) is 50.7 Å². The maximum atomic E-state index is 6.46. The first-order chi connectivity index (χ1) is 14.6. The predicted molar refractivity (Wildman–Crippen MR) is 115 cm³/mol. The molecular formula is C21H35N7O2. The molecule has 0 aromatic carbocycles. The van der Waals surface area contributed by atoms with E-state index in [0.717, 1.165) is 74.7 Å². The first-order valence-corrected chi connectivity index (χ1v) is 11.4. The topological polar surface area (TPSA) is 99.4 Å². The van der Waals surface area contributed by atoms with Crippen molar-refractivity contribution in [3.05, 3.63) is 22.8 Å². The molecule has 0 spiro atoms. The van der Waals surface area contributed by atoms with Gasteiger partial charge in [0.1, 0.15) is 12.0 Å². The number of nitrogens with two attached hydrogens (primary N) is 1. The molecule has 9 heteroatoms. The number of hydrazine groups is 1. The molecule has 1 saturated carbocycles. The van der Waals surface area contributed by atoms with Crippen LogP contribution in [-0.4, -0.2) is 74.1 Å². The molecule has 166 valence electrons. The summed E-state index contributed by atoms with van der Waals surface area (Å²) in [6.07, 6.45) is 4.99. The average Bonchev–Trinajstić information content (AvgIpc) is 3.53. The first kappa shape index (κ1) is 20.1. The maximum absolute atomic E-state index is 6.46. The third kappa shape index (κ3) is 4.03. The lowest BCUT2D eigenvalue weighted by atomic mass is 10.0. The molecule has 5 N–H and O–H groups in total. The Morgan fingerprint density at radius 2 is 2.00 bits per heavy atom. The van der Waals surface area contributed by atoms with Gasteiger partial charge in [0.25, 0.3) is 0 Å². The third-order valence-corrected chi connectivity index (χ3v) is 6.69. The van der Waals surface area contributed by atoms with Gasteiger partial charge in [0.2, 0.25) is 5.96 Å². The Morgan fingerprint density at radius 3 is 2.77 bits per heavy atom. The van der Waals surface area contributed by atoms with E-state index in [2.05, 4.69) is 39.9 Å². The molecule has 2 unspecified atom stereocenters. The smallest absolute Gasteiger partial charge is 0.205 e. The predicted octanol–water partition coefficient (Wildman–Crippen LogP) is 0.393. The maximum Gasteiger partial charge on any atom is 0.205 e. The Hall–Kier alpha value is -1.81. The molecule has 0 radical (unpaired) electrons. The zero-order valence-electron chi connectivity index (χ0n) is 18.1. The fraction of sp³-hybridized carbons (Fsp3) is 0.762. The van der Waals surface area contributed by atoms with Crippen LogP contribution < -0.4 is 21.8 Å². The second kappa shape index (κ2) is 8.37. The summed E-state index contributed by atoms with van der Waals surface area (Å²) in [4.78, 5) is 7.23. The molecule has 0 aromatic heterocycles. The van der Waals surface area contributed by atoms with E-state index in [9.17, 15) is 0 Å². The minimum atomic E-state index is -0.524. The summed E-state index contributed by atoms with van der Waals surface area (Å²) in [5.74, 6) is 2.65. The Morgan fingerprint density at radius 1 is 1.20 bits per heavy atom. The molecule has 4 heterocycles. The highest BCUT2D eigenvalue weighted by Gasteiger charge is 2.43. The number of likely N-dealkylation sites (N-methyl/N-ethyl adjacent to an activating group) is 1. The van der Waals surface area contributed by atoms with Gasteiger partial charge in [0.05, 0.1) is 18.3 Å². The third-order valence-electron chi connectivity index (χ3n) is 6.69. The molecule has 9 nitrogen and oxygen atoms in total. The van der Waals surface area contributed by atoms with Crippen molar-refractivity contribution in [2.24, 2.45) is 16.6 Å². The van der Waals surface area contributed by atoms with Crippen molar-refractivity contribution in [1.29, 1.82) is 0 Å². The summed E-state index contributed by atoms with van der Waals surface area (Å²) in [6, 6.07) is 0.818. The van der Waals surface area contributed by atoms with E-state index < -0.39 is 6.23 Å². The van der Waals surface area contributed by atoms with E-state index in [0.29, 0.717) is 18.7 Å². The van der Waals surface area contributed by atoms with Gasteiger partial charge in [-0.1, -0.05) is 0 Å². The van der Waals surface area contributed by atoms with E-state index in [1.54, 1.807) is 0 Å². The van der Waals surface area contributed by atoms with E-state index >= 15 is 0 Å². The fourth-order valence-electron chi connectivity index (χ4n) is 4.79. The molecule has 2 atom stereocenters. The van der Waals surface area contributed by atoms with Crippen molar-refractivity contribution in [3.63, 3.8) is 0 Å². The second-order valence-corrected chi connectivity index (χ2v) is 9.08. The lowest BCUT2D eigenvalue weighted by Crippen LogP contribution is -2.48. The number of guanidine groups is 1. The minimum absolute atomic E-state index is 0.396. The number of hydrogen-bond donors (Lipinski definition) is 4.